The second kappa shape index (κ2) is 6.95. The predicted molar refractivity (Wildman–Crippen MR) is 80.5 cm³/mol. The standard InChI is InChI=1S/C17H27NO/c1-13(2)19-17-10-8-15(9-11-17)12-18-14(3)16-6-4-5-7-16/h8-11,13-14,16,18H,4-7,12H2,1-3H3. The lowest BCUT2D eigenvalue weighted by Gasteiger charge is -2.20. The summed E-state index contributed by atoms with van der Waals surface area (Å²) < 4.78 is 5.66. The van der Waals surface area contributed by atoms with E-state index in [0.29, 0.717) is 6.04 Å². The van der Waals surface area contributed by atoms with E-state index in [1.165, 1.54) is 31.2 Å². The number of hydrogen-bond acceptors (Lipinski definition) is 2. The Kier molecular flexibility index (Phi) is 5.26. The van der Waals surface area contributed by atoms with Crippen molar-refractivity contribution in [3.8, 4) is 5.75 Å². The van der Waals surface area contributed by atoms with Crippen molar-refractivity contribution >= 4 is 0 Å². The molecular formula is C17H27NO. The van der Waals surface area contributed by atoms with Crippen molar-refractivity contribution in [2.45, 2.75) is 65.1 Å². The first-order valence-corrected chi connectivity index (χ1v) is 7.64. The van der Waals surface area contributed by atoms with Crippen molar-refractivity contribution in [2.75, 3.05) is 0 Å². The molecular weight excluding hydrogens is 234 g/mol. The molecule has 0 heterocycles. The van der Waals surface area contributed by atoms with E-state index in [1.54, 1.807) is 0 Å². The monoisotopic (exact) mass is 261 g/mol. The Hall–Kier alpha value is -1.02. The molecule has 0 aromatic heterocycles. The van der Waals surface area contributed by atoms with Gasteiger partial charge in [0.2, 0.25) is 0 Å². The summed E-state index contributed by atoms with van der Waals surface area (Å²) in [4.78, 5) is 0. The summed E-state index contributed by atoms with van der Waals surface area (Å²) in [6, 6.07) is 9.08. The summed E-state index contributed by atoms with van der Waals surface area (Å²) in [5, 5.41) is 3.66. The first kappa shape index (κ1) is 14.4. The van der Waals surface area contributed by atoms with Gasteiger partial charge < -0.3 is 10.1 Å². The van der Waals surface area contributed by atoms with Crippen molar-refractivity contribution in [3.63, 3.8) is 0 Å². The van der Waals surface area contributed by atoms with Gasteiger partial charge in [0.1, 0.15) is 5.75 Å². The summed E-state index contributed by atoms with van der Waals surface area (Å²) >= 11 is 0. The topological polar surface area (TPSA) is 21.3 Å². The smallest absolute Gasteiger partial charge is 0.119 e. The third kappa shape index (κ3) is 4.54. The van der Waals surface area contributed by atoms with Gasteiger partial charge in [-0.1, -0.05) is 25.0 Å². The molecule has 1 aliphatic carbocycles. The van der Waals surface area contributed by atoms with E-state index in [2.05, 4.69) is 50.4 Å². The van der Waals surface area contributed by atoms with Crippen LogP contribution in [0.5, 0.6) is 5.75 Å². The Morgan fingerprint density at radius 1 is 1.11 bits per heavy atom. The molecule has 0 saturated heterocycles. The van der Waals surface area contributed by atoms with Crippen LogP contribution in [0.3, 0.4) is 0 Å². The number of benzene rings is 1. The second-order valence-electron chi connectivity index (χ2n) is 6.02. The molecule has 1 atom stereocenters. The quantitative estimate of drug-likeness (QED) is 0.831. The van der Waals surface area contributed by atoms with Crippen LogP contribution in [0.4, 0.5) is 0 Å². The van der Waals surface area contributed by atoms with Gasteiger partial charge in [-0.15, -0.1) is 0 Å². The van der Waals surface area contributed by atoms with Gasteiger partial charge in [-0.05, 0) is 57.2 Å². The Labute approximate surface area is 117 Å². The van der Waals surface area contributed by atoms with Crippen LogP contribution in [0.2, 0.25) is 0 Å². The third-order valence-electron chi connectivity index (χ3n) is 4.03. The Morgan fingerprint density at radius 3 is 2.32 bits per heavy atom. The maximum atomic E-state index is 5.66. The first-order valence-electron chi connectivity index (χ1n) is 7.64. The van der Waals surface area contributed by atoms with Crippen LogP contribution in [-0.4, -0.2) is 12.1 Å². The average molecular weight is 261 g/mol. The maximum absolute atomic E-state index is 5.66. The maximum Gasteiger partial charge on any atom is 0.119 e. The zero-order valence-electron chi connectivity index (χ0n) is 12.5. The highest BCUT2D eigenvalue weighted by atomic mass is 16.5. The largest absolute Gasteiger partial charge is 0.491 e. The van der Waals surface area contributed by atoms with Crippen LogP contribution >= 0.6 is 0 Å². The van der Waals surface area contributed by atoms with Gasteiger partial charge in [0, 0.05) is 12.6 Å². The van der Waals surface area contributed by atoms with Crippen LogP contribution in [0.15, 0.2) is 24.3 Å². The highest BCUT2D eigenvalue weighted by Crippen LogP contribution is 2.27. The van der Waals surface area contributed by atoms with Crippen molar-refractivity contribution in [2.24, 2.45) is 5.92 Å². The summed E-state index contributed by atoms with van der Waals surface area (Å²) in [7, 11) is 0. The lowest BCUT2D eigenvalue weighted by atomic mass is 9.99. The molecule has 2 nitrogen and oxygen atoms in total. The Bertz CT molecular complexity index is 365. The fourth-order valence-electron chi connectivity index (χ4n) is 2.86. The van der Waals surface area contributed by atoms with Crippen LogP contribution in [0, 0.1) is 5.92 Å². The average Bonchev–Trinajstić information content (AvgIpc) is 2.91. The molecule has 2 rings (SSSR count). The Balaban J connectivity index is 1.79. The van der Waals surface area contributed by atoms with Crippen LogP contribution in [-0.2, 0) is 6.54 Å². The zero-order chi connectivity index (χ0) is 13.7. The van der Waals surface area contributed by atoms with Gasteiger partial charge in [0.05, 0.1) is 6.10 Å². The molecule has 1 aromatic carbocycles. The number of rotatable bonds is 6. The highest BCUT2D eigenvalue weighted by Gasteiger charge is 2.20. The van der Waals surface area contributed by atoms with E-state index in [4.69, 9.17) is 4.74 Å². The van der Waals surface area contributed by atoms with Gasteiger partial charge in [0.25, 0.3) is 0 Å². The van der Waals surface area contributed by atoms with Gasteiger partial charge in [-0.2, -0.15) is 0 Å². The van der Waals surface area contributed by atoms with Crippen molar-refractivity contribution < 1.29 is 4.74 Å². The Morgan fingerprint density at radius 2 is 1.74 bits per heavy atom. The molecule has 1 unspecified atom stereocenters. The molecule has 1 N–H and O–H groups in total. The van der Waals surface area contributed by atoms with E-state index in [1.807, 2.05) is 0 Å². The zero-order valence-corrected chi connectivity index (χ0v) is 12.5. The molecule has 0 spiro atoms. The number of ether oxygens (including phenoxy) is 1. The fraction of sp³-hybridized carbons (Fsp3) is 0.647. The van der Waals surface area contributed by atoms with Crippen LogP contribution in [0.25, 0.3) is 0 Å². The lowest BCUT2D eigenvalue weighted by Crippen LogP contribution is -2.31. The minimum atomic E-state index is 0.242. The van der Waals surface area contributed by atoms with Gasteiger partial charge >= 0.3 is 0 Å². The van der Waals surface area contributed by atoms with Gasteiger partial charge in [0.15, 0.2) is 0 Å². The lowest BCUT2D eigenvalue weighted by molar-refractivity contribution is 0.242. The normalized spacial score (nSPS) is 17.9. The van der Waals surface area contributed by atoms with Crippen molar-refractivity contribution in [1.82, 2.24) is 5.32 Å². The van der Waals surface area contributed by atoms with E-state index in [0.717, 1.165) is 18.2 Å². The van der Waals surface area contributed by atoms with E-state index in [9.17, 15) is 0 Å². The number of nitrogens with one attached hydrogen (secondary N) is 1. The molecule has 19 heavy (non-hydrogen) atoms. The summed E-state index contributed by atoms with van der Waals surface area (Å²) in [5.41, 5.74) is 1.33. The highest BCUT2D eigenvalue weighted by molar-refractivity contribution is 5.27. The molecule has 1 aliphatic rings. The summed E-state index contributed by atoms with van der Waals surface area (Å²) in [6.45, 7) is 7.39. The van der Waals surface area contributed by atoms with Crippen LogP contribution < -0.4 is 10.1 Å². The molecule has 0 radical (unpaired) electrons. The molecule has 1 fully saturated rings. The fourth-order valence-corrected chi connectivity index (χ4v) is 2.86. The molecule has 1 saturated carbocycles. The summed E-state index contributed by atoms with van der Waals surface area (Å²) in [5.74, 6) is 1.84. The van der Waals surface area contributed by atoms with E-state index >= 15 is 0 Å². The van der Waals surface area contributed by atoms with E-state index in [-0.39, 0.29) is 6.10 Å². The van der Waals surface area contributed by atoms with Crippen LogP contribution in [0.1, 0.15) is 52.0 Å². The van der Waals surface area contributed by atoms with Gasteiger partial charge in [-0.25, -0.2) is 0 Å². The molecule has 1 aromatic rings. The van der Waals surface area contributed by atoms with Gasteiger partial charge in [-0.3, -0.25) is 0 Å². The number of hydrogen-bond donors (Lipinski definition) is 1. The molecule has 106 valence electrons. The predicted octanol–water partition coefficient (Wildman–Crippen LogP) is 4.14. The minimum absolute atomic E-state index is 0.242. The third-order valence-corrected chi connectivity index (χ3v) is 4.03. The molecule has 0 aliphatic heterocycles. The molecule has 0 amide bonds. The van der Waals surface area contributed by atoms with E-state index < -0.39 is 0 Å². The minimum Gasteiger partial charge on any atom is -0.491 e. The summed E-state index contributed by atoms with van der Waals surface area (Å²) in [6.07, 6.45) is 5.87. The van der Waals surface area contributed by atoms with Crippen molar-refractivity contribution in [1.29, 1.82) is 0 Å². The SMILES string of the molecule is CC(C)Oc1ccc(CNC(C)C2CCCC2)cc1. The molecule has 2 heteroatoms. The first-order chi connectivity index (χ1) is 9.15. The molecule has 0 bridgehead atoms. The van der Waals surface area contributed by atoms with Crippen molar-refractivity contribution in [3.05, 3.63) is 29.8 Å². The second-order valence-corrected chi connectivity index (χ2v) is 6.02.